The summed E-state index contributed by atoms with van der Waals surface area (Å²) in [6.45, 7) is 2.44. The summed E-state index contributed by atoms with van der Waals surface area (Å²) in [5.74, 6) is 1.88. The van der Waals surface area contributed by atoms with E-state index >= 15 is 0 Å². The van der Waals surface area contributed by atoms with Crippen LogP contribution in [-0.2, 0) is 0 Å². The van der Waals surface area contributed by atoms with E-state index in [1.54, 1.807) is 12.1 Å². The Balaban J connectivity index is 1.50. The first-order valence-electron chi connectivity index (χ1n) is 9.62. The first-order valence-corrected chi connectivity index (χ1v) is 12.0. The van der Waals surface area contributed by atoms with E-state index in [4.69, 9.17) is 0 Å². The van der Waals surface area contributed by atoms with E-state index in [1.807, 2.05) is 0 Å². The first-order chi connectivity index (χ1) is 11.2. The molecular weight excluding hydrogens is 306 g/mol. The summed E-state index contributed by atoms with van der Waals surface area (Å²) in [4.78, 5) is 0. The normalized spacial score (nSPS) is 32.5. The minimum atomic E-state index is -0.727. The van der Waals surface area contributed by atoms with Crippen LogP contribution in [0.4, 0.5) is 8.78 Å². The molecule has 0 aromatic heterocycles. The molecule has 128 valence electrons. The van der Waals surface area contributed by atoms with Gasteiger partial charge in [-0.25, -0.2) is 8.78 Å². The molecule has 1 aromatic carbocycles. The van der Waals surface area contributed by atoms with Gasteiger partial charge in [0.05, 0.1) is 0 Å². The van der Waals surface area contributed by atoms with Crippen LogP contribution in [0.25, 0.3) is 0 Å². The van der Waals surface area contributed by atoms with Crippen molar-refractivity contribution in [3.05, 3.63) is 35.4 Å². The molecule has 0 spiro atoms. The van der Waals surface area contributed by atoms with Crippen molar-refractivity contribution in [2.45, 2.75) is 69.9 Å². The van der Waals surface area contributed by atoms with Crippen LogP contribution in [0.3, 0.4) is 0 Å². The Morgan fingerprint density at radius 2 is 1.48 bits per heavy atom. The Bertz CT molecular complexity index is 500. The molecule has 2 fully saturated rings. The van der Waals surface area contributed by atoms with E-state index in [2.05, 4.69) is 6.55 Å². The minimum absolute atomic E-state index is 0.229. The van der Waals surface area contributed by atoms with Gasteiger partial charge in [0.2, 0.25) is 0 Å². The molecule has 0 bridgehead atoms. The van der Waals surface area contributed by atoms with Gasteiger partial charge in [-0.3, -0.25) is 0 Å². The van der Waals surface area contributed by atoms with Crippen LogP contribution < -0.4 is 0 Å². The average molecular weight is 337 g/mol. The zero-order valence-electron chi connectivity index (χ0n) is 14.4. The zero-order chi connectivity index (χ0) is 16.2. The van der Waals surface area contributed by atoms with Crippen LogP contribution in [0.5, 0.6) is 0 Å². The van der Waals surface area contributed by atoms with Crippen molar-refractivity contribution in [2.75, 3.05) is 0 Å². The van der Waals surface area contributed by atoms with Gasteiger partial charge in [0.15, 0.2) is 11.6 Å². The number of hydrogen-bond acceptors (Lipinski definition) is 0. The van der Waals surface area contributed by atoms with Gasteiger partial charge in [-0.2, -0.15) is 0 Å². The molecule has 0 nitrogen and oxygen atoms in total. The lowest BCUT2D eigenvalue weighted by molar-refractivity contribution is 0.165. The zero-order valence-corrected chi connectivity index (χ0v) is 15.8. The van der Waals surface area contributed by atoms with Gasteiger partial charge in [0.1, 0.15) is 0 Å². The molecule has 0 unspecified atom stereocenters. The standard InChI is InChI=1S/C20H30F2Si/c1-23-13-14-2-4-15(5-3-14)16-6-8-17(9-7-16)18-10-11-19(21)20(22)12-18/h10-12,14-17H,2-9,13,23H2,1H3/t14-,15-,16-,17-. The highest BCUT2D eigenvalue weighted by Crippen LogP contribution is 2.44. The fraction of sp³-hybridized carbons (Fsp3) is 0.700. The molecule has 0 aliphatic heterocycles. The lowest BCUT2D eigenvalue weighted by atomic mass is 9.68. The molecule has 2 saturated carbocycles. The summed E-state index contributed by atoms with van der Waals surface area (Å²) < 4.78 is 26.5. The third-order valence-corrected chi connectivity index (χ3v) is 7.84. The molecule has 23 heavy (non-hydrogen) atoms. The maximum Gasteiger partial charge on any atom is 0.159 e. The monoisotopic (exact) mass is 336 g/mol. The number of benzene rings is 1. The fourth-order valence-electron chi connectivity index (χ4n) is 5.05. The van der Waals surface area contributed by atoms with E-state index < -0.39 is 11.6 Å². The second-order valence-electron chi connectivity index (χ2n) is 7.85. The Morgan fingerprint density at radius 1 is 0.870 bits per heavy atom. The smallest absolute Gasteiger partial charge is 0.159 e. The molecule has 0 amide bonds. The Hall–Kier alpha value is -0.703. The number of halogens is 2. The molecule has 2 aliphatic carbocycles. The molecular formula is C20H30F2Si. The number of hydrogen-bond donors (Lipinski definition) is 0. The van der Waals surface area contributed by atoms with Crippen LogP contribution in [0.2, 0.25) is 12.6 Å². The minimum Gasteiger partial charge on any atom is -0.204 e. The largest absolute Gasteiger partial charge is 0.204 e. The predicted molar refractivity (Wildman–Crippen MR) is 95.7 cm³/mol. The van der Waals surface area contributed by atoms with Gasteiger partial charge in [0.25, 0.3) is 0 Å². The summed E-state index contributed by atoms with van der Waals surface area (Å²) in [6.07, 6.45) is 10.7. The third kappa shape index (κ3) is 4.23. The lowest BCUT2D eigenvalue weighted by Gasteiger charge is -2.38. The summed E-state index contributed by atoms with van der Waals surface area (Å²) in [6, 6.07) is 6.04. The van der Waals surface area contributed by atoms with E-state index in [0.29, 0.717) is 5.92 Å². The lowest BCUT2D eigenvalue weighted by Crippen LogP contribution is -2.25. The third-order valence-electron chi connectivity index (χ3n) is 6.44. The Labute approximate surface area is 141 Å². The summed E-state index contributed by atoms with van der Waals surface area (Å²) >= 11 is 0. The van der Waals surface area contributed by atoms with Crippen molar-refractivity contribution in [3.63, 3.8) is 0 Å². The first kappa shape index (κ1) is 17.1. The molecule has 3 rings (SSSR count). The van der Waals surface area contributed by atoms with Gasteiger partial charge in [-0.15, -0.1) is 0 Å². The van der Waals surface area contributed by atoms with Crippen LogP contribution in [0, 0.1) is 29.4 Å². The maximum absolute atomic E-state index is 13.4. The van der Waals surface area contributed by atoms with Crippen molar-refractivity contribution >= 4 is 9.52 Å². The number of rotatable bonds is 4. The van der Waals surface area contributed by atoms with Crippen molar-refractivity contribution < 1.29 is 8.78 Å². The van der Waals surface area contributed by atoms with Gasteiger partial charge >= 0.3 is 0 Å². The Kier molecular flexibility index (Phi) is 5.89. The molecule has 0 N–H and O–H groups in total. The van der Waals surface area contributed by atoms with Crippen LogP contribution >= 0.6 is 0 Å². The summed E-state index contributed by atoms with van der Waals surface area (Å²) in [5, 5.41) is 0. The van der Waals surface area contributed by atoms with E-state index in [0.717, 1.165) is 36.2 Å². The van der Waals surface area contributed by atoms with Crippen molar-refractivity contribution in [1.82, 2.24) is 0 Å². The molecule has 0 saturated heterocycles. The van der Waals surface area contributed by atoms with E-state index in [1.165, 1.54) is 50.7 Å². The van der Waals surface area contributed by atoms with Gasteiger partial charge < -0.3 is 0 Å². The fourth-order valence-corrected chi connectivity index (χ4v) is 6.44. The molecule has 3 heteroatoms. The molecule has 0 atom stereocenters. The second-order valence-corrected chi connectivity index (χ2v) is 9.43. The topological polar surface area (TPSA) is 0 Å². The van der Waals surface area contributed by atoms with Crippen molar-refractivity contribution in [2.24, 2.45) is 17.8 Å². The molecule has 0 heterocycles. The van der Waals surface area contributed by atoms with Gasteiger partial charge in [-0.05, 0) is 79.9 Å². The van der Waals surface area contributed by atoms with Crippen molar-refractivity contribution in [1.29, 1.82) is 0 Å². The van der Waals surface area contributed by atoms with E-state index in [-0.39, 0.29) is 9.52 Å². The predicted octanol–water partition coefficient (Wildman–Crippen LogP) is 5.68. The van der Waals surface area contributed by atoms with Gasteiger partial charge in [-0.1, -0.05) is 31.5 Å². The second kappa shape index (κ2) is 7.91. The van der Waals surface area contributed by atoms with Crippen molar-refractivity contribution in [3.8, 4) is 0 Å². The maximum atomic E-state index is 13.4. The molecule has 0 radical (unpaired) electrons. The quantitative estimate of drug-likeness (QED) is 0.621. The van der Waals surface area contributed by atoms with Crippen LogP contribution in [-0.4, -0.2) is 9.52 Å². The summed E-state index contributed by atoms with van der Waals surface area (Å²) in [7, 11) is 0.229. The SMILES string of the molecule is C[SiH2]C[C@H]1CC[C@H]([C@H]2CC[C@H](c3ccc(F)c(F)c3)CC2)CC1. The highest BCUT2D eigenvalue weighted by atomic mass is 28.2. The molecule has 2 aliphatic rings. The van der Waals surface area contributed by atoms with Crippen LogP contribution in [0.1, 0.15) is 62.8 Å². The van der Waals surface area contributed by atoms with Crippen LogP contribution in [0.15, 0.2) is 18.2 Å². The van der Waals surface area contributed by atoms with Gasteiger partial charge in [0, 0.05) is 9.52 Å². The summed E-state index contributed by atoms with van der Waals surface area (Å²) in [5.41, 5.74) is 0.999. The van der Waals surface area contributed by atoms with E-state index in [9.17, 15) is 8.78 Å². The molecule has 1 aromatic rings. The Morgan fingerprint density at radius 3 is 2.04 bits per heavy atom. The average Bonchev–Trinajstić information content (AvgIpc) is 2.59. The highest BCUT2D eigenvalue weighted by Gasteiger charge is 2.31. The highest BCUT2D eigenvalue weighted by molar-refractivity contribution is 6.33.